The third-order valence-corrected chi connectivity index (χ3v) is 5.84. The maximum atomic E-state index is 12.5. The summed E-state index contributed by atoms with van der Waals surface area (Å²) in [6.07, 6.45) is 9.70. The van der Waals surface area contributed by atoms with Crippen LogP contribution in [0.25, 0.3) is 0 Å². The lowest BCUT2D eigenvalue weighted by molar-refractivity contribution is -0.127. The van der Waals surface area contributed by atoms with Crippen molar-refractivity contribution in [3.05, 3.63) is 11.8 Å². The van der Waals surface area contributed by atoms with Crippen molar-refractivity contribution in [2.75, 3.05) is 7.11 Å². The predicted octanol–water partition coefficient (Wildman–Crippen LogP) is 4.88. The van der Waals surface area contributed by atoms with E-state index in [1.54, 1.807) is 7.11 Å². The predicted molar refractivity (Wildman–Crippen MR) is 82.4 cm³/mol. The zero-order valence-corrected chi connectivity index (χ0v) is 13.8. The Hall–Kier alpha value is -0.790. The Bertz CT molecular complexity index is 403. The van der Waals surface area contributed by atoms with Crippen LogP contribution in [0.5, 0.6) is 0 Å². The first-order valence-electron chi connectivity index (χ1n) is 8.02. The number of carbonyl (C=O) groups excluding carboxylic acids is 1. The summed E-state index contributed by atoms with van der Waals surface area (Å²) in [6.45, 7) is 9.02. The second-order valence-corrected chi connectivity index (χ2v) is 8.22. The molecule has 0 aromatic carbocycles. The molecule has 2 aliphatic carbocycles. The SMILES string of the molecule is CO/C(=C\C(=O)C1(C)CCC1)C1(C)CCC(C)(C)CC1. The van der Waals surface area contributed by atoms with Crippen molar-refractivity contribution in [3.8, 4) is 0 Å². The van der Waals surface area contributed by atoms with Crippen LogP contribution in [0, 0.1) is 16.2 Å². The summed E-state index contributed by atoms with van der Waals surface area (Å²) in [5.41, 5.74) is 0.358. The van der Waals surface area contributed by atoms with Gasteiger partial charge in [-0.25, -0.2) is 0 Å². The molecule has 0 saturated heterocycles. The first-order valence-corrected chi connectivity index (χ1v) is 8.02. The molecule has 114 valence electrons. The van der Waals surface area contributed by atoms with Crippen LogP contribution < -0.4 is 0 Å². The molecule has 2 aliphatic rings. The normalized spacial score (nSPS) is 27.6. The molecule has 2 nitrogen and oxygen atoms in total. The summed E-state index contributed by atoms with van der Waals surface area (Å²) in [5, 5.41) is 0. The van der Waals surface area contributed by atoms with Crippen LogP contribution >= 0.6 is 0 Å². The zero-order chi connectivity index (χ0) is 15.0. The maximum Gasteiger partial charge on any atom is 0.164 e. The topological polar surface area (TPSA) is 26.3 Å². The molecule has 0 bridgehead atoms. The van der Waals surface area contributed by atoms with E-state index >= 15 is 0 Å². The second-order valence-electron chi connectivity index (χ2n) is 8.22. The van der Waals surface area contributed by atoms with Gasteiger partial charge in [0.05, 0.1) is 7.11 Å². The smallest absolute Gasteiger partial charge is 0.164 e. The van der Waals surface area contributed by atoms with Crippen LogP contribution in [0.15, 0.2) is 11.8 Å². The van der Waals surface area contributed by atoms with Crippen LogP contribution in [0.1, 0.15) is 72.6 Å². The largest absolute Gasteiger partial charge is 0.500 e. The molecule has 0 spiro atoms. The Balaban J connectivity index is 2.13. The van der Waals surface area contributed by atoms with Crippen LogP contribution in [-0.2, 0) is 9.53 Å². The van der Waals surface area contributed by atoms with Gasteiger partial charge in [-0.05, 0) is 43.9 Å². The van der Waals surface area contributed by atoms with E-state index in [9.17, 15) is 4.79 Å². The van der Waals surface area contributed by atoms with Gasteiger partial charge in [0.25, 0.3) is 0 Å². The molecule has 0 amide bonds. The Morgan fingerprint density at radius 3 is 1.85 bits per heavy atom. The van der Waals surface area contributed by atoms with Crippen LogP contribution in [0.2, 0.25) is 0 Å². The highest BCUT2D eigenvalue weighted by Crippen LogP contribution is 2.49. The van der Waals surface area contributed by atoms with Gasteiger partial charge in [-0.2, -0.15) is 0 Å². The van der Waals surface area contributed by atoms with Crippen LogP contribution in [-0.4, -0.2) is 12.9 Å². The van der Waals surface area contributed by atoms with E-state index in [0.29, 0.717) is 5.41 Å². The van der Waals surface area contributed by atoms with E-state index in [0.717, 1.165) is 31.4 Å². The Morgan fingerprint density at radius 2 is 1.45 bits per heavy atom. The lowest BCUT2D eigenvalue weighted by Gasteiger charge is -2.42. The molecule has 0 radical (unpaired) electrons. The summed E-state index contributed by atoms with van der Waals surface area (Å²) in [4.78, 5) is 12.5. The summed E-state index contributed by atoms with van der Waals surface area (Å²) >= 11 is 0. The molecule has 20 heavy (non-hydrogen) atoms. The van der Waals surface area contributed by atoms with E-state index in [4.69, 9.17) is 4.74 Å². The third-order valence-electron chi connectivity index (χ3n) is 5.84. The fraction of sp³-hybridized carbons (Fsp3) is 0.833. The standard InChI is InChI=1S/C18H30O2/c1-16(2)9-11-18(4,12-10-16)15(20-5)13-14(19)17(3)7-6-8-17/h13H,6-12H2,1-5H3/b15-13-. The zero-order valence-electron chi connectivity index (χ0n) is 13.8. The van der Waals surface area contributed by atoms with Crippen LogP contribution in [0.4, 0.5) is 0 Å². The quantitative estimate of drug-likeness (QED) is 0.541. The van der Waals surface area contributed by atoms with Crippen molar-refractivity contribution in [1.82, 2.24) is 0 Å². The second kappa shape index (κ2) is 5.20. The van der Waals surface area contributed by atoms with Crippen molar-refractivity contribution in [3.63, 3.8) is 0 Å². The number of methoxy groups -OCH3 is 1. The van der Waals surface area contributed by atoms with Gasteiger partial charge in [-0.3, -0.25) is 4.79 Å². The summed E-state index contributed by atoms with van der Waals surface area (Å²) in [7, 11) is 1.72. The third kappa shape index (κ3) is 2.94. The van der Waals surface area contributed by atoms with E-state index in [1.807, 2.05) is 6.08 Å². The van der Waals surface area contributed by atoms with Gasteiger partial charge in [0, 0.05) is 16.9 Å². The monoisotopic (exact) mass is 278 g/mol. The summed E-state index contributed by atoms with van der Waals surface area (Å²) in [6, 6.07) is 0. The lowest BCUT2D eigenvalue weighted by atomic mass is 9.64. The minimum Gasteiger partial charge on any atom is -0.500 e. The van der Waals surface area contributed by atoms with E-state index in [2.05, 4.69) is 27.7 Å². The molecule has 0 aromatic rings. The average Bonchev–Trinajstić information content (AvgIpc) is 2.36. The van der Waals surface area contributed by atoms with Gasteiger partial charge in [0.15, 0.2) is 5.78 Å². The number of carbonyl (C=O) groups is 1. The highest BCUT2D eigenvalue weighted by atomic mass is 16.5. The van der Waals surface area contributed by atoms with Crippen molar-refractivity contribution < 1.29 is 9.53 Å². The van der Waals surface area contributed by atoms with Gasteiger partial charge < -0.3 is 4.74 Å². The Kier molecular flexibility index (Phi) is 4.05. The highest BCUT2D eigenvalue weighted by Gasteiger charge is 2.42. The van der Waals surface area contributed by atoms with Crippen molar-refractivity contribution >= 4 is 5.78 Å². The number of allylic oxidation sites excluding steroid dienone is 2. The lowest BCUT2D eigenvalue weighted by Crippen LogP contribution is -2.36. The van der Waals surface area contributed by atoms with Gasteiger partial charge >= 0.3 is 0 Å². The molecule has 0 atom stereocenters. The molecule has 2 saturated carbocycles. The molecule has 0 unspecified atom stereocenters. The number of ketones is 1. The highest BCUT2D eigenvalue weighted by molar-refractivity contribution is 5.95. The number of rotatable bonds is 4. The van der Waals surface area contributed by atoms with Gasteiger partial charge in [0.2, 0.25) is 0 Å². The molecule has 2 heteroatoms. The van der Waals surface area contributed by atoms with E-state index < -0.39 is 0 Å². The van der Waals surface area contributed by atoms with Gasteiger partial charge in [-0.15, -0.1) is 0 Å². The molecular weight excluding hydrogens is 248 g/mol. The summed E-state index contributed by atoms with van der Waals surface area (Å²) in [5.74, 6) is 1.18. The van der Waals surface area contributed by atoms with E-state index in [1.165, 1.54) is 19.3 Å². The number of hydrogen-bond donors (Lipinski definition) is 0. The fourth-order valence-electron chi connectivity index (χ4n) is 3.45. The van der Waals surface area contributed by atoms with E-state index in [-0.39, 0.29) is 16.6 Å². The van der Waals surface area contributed by atoms with Crippen molar-refractivity contribution in [1.29, 1.82) is 0 Å². The van der Waals surface area contributed by atoms with Gasteiger partial charge in [-0.1, -0.05) is 34.1 Å². The molecule has 2 rings (SSSR count). The first-order chi connectivity index (χ1) is 9.21. The first kappa shape index (κ1) is 15.6. The molecular formula is C18H30O2. The molecule has 0 N–H and O–H groups in total. The number of ether oxygens (including phenoxy) is 1. The molecule has 0 aromatic heterocycles. The van der Waals surface area contributed by atoms with Gasteiger partial charge in [0.1, 0.15) is 5.76 Å². The minimum absolute atomic E-state index is 0.0417. The number of hydrogen-bond acceptors (Lipinski definition) is 2. The summed E-state index contributed by atoms with van der Waals surface area (Å²) < 4.78 is 5.64. The molecule has 0 aliphatic heterocycles. The fourth-order valence-corrected chi connectivity index (χ4v) is 3.45. The average molecular weight is 278 g/mol. The molecule has 2 fully saturated rings. The van der Waals surface area contributed by atoms with Crippen molar-refractivity contribution in [2.45, 2.75) is 72.6 Å². The van der Waals surface area contributed by atoms with Crippen molar-refractivity contribution in [2.24, 2.45) is 16.2 Å². The molecule has 0 heterocycles. The maximum absolute atomic E-state index is 12.5. The minimum atomic E-state index is -0.117. The van der Waals surface area contributed by atoms with Crippen LogP contribution in [0.3, 0.4) is 0 Å². The Labute approximate surface area is 124 Å². The Morgan fingerprint density at radius 1 is 0.900 bits per heavy atom.